The number of H-pyrrole nitrogens is 1. The first-order valence-electron chi connectivity index (χ1n) is 5.74. The van der Waals surface area contributed by atoms with Gasteiger partial charge in [-0.3, -0.25) is 0 Å². The Labute approximate surface area is 109 Å². The number of hydrogen-bond donors (Lipinski definition) is 3. The zero-order valence-electron chi connectivity index (χ0n) is 10.3. The highest BCUT2D eigenvalue weighted by Crippen LogP contribution is 2.19. The van der Waals surface area contributed by atoms with Gasteiger partial charge >= 0.3 is 12.1 Å². The van der Waals surface area contributed by atoms with Crippen LogP contribution in [0.3, 0.4) is 0 Å². The average molecular weight is 262 g/mol. The number of carbonyl (C=O) groups excluding carboxylic acids is 1. The number of ether oxygens (including phenoxy) is 1. The van der Waals surface area contributed by atoms with E-state index >= 15 is 0 Å². The van der Waals surface area contributed by atoms with Crippen molar-refractivity contribution in [1.29, 1.82) is 0 Å². The van der Waals surface area contributed by atoms with Crippen LogP contribution in [0.15, 0.2) is 30.5 Å². The van der Waals surface area contributed by atoms with Gasteiger partial charge in [-0.15, -0.1) is 0 Å². The molecule has 2 rings (SSSR count). The number of aromatic nitrogens is 1. The van der Waals surface area contributed by atoms with Crippen LogP contribution in [-0.2, 0) is 16.0 Å². The molecule has 0 fully saturated rings. The van der Waals surface area contributed by atoms with E-state index in [0.29, 0.717) is 0 Å². The molecule has 0 bridgehead atoms. The van der Waals surface area contributed by atoms with Gasteiger partial charge < -0.3 is 20.1 Å². The number of rotatable bonds is 4. The van der Waals surface area contributed by atoms with Crippen LogP contribution in [-0.4, -0.2) is 35.3 Å². The molecule has 100 valence electrons. The number of nitrogens with one attached hydrogen (secondary N) is 2. The fourth-order valence-corrected chi connectivity index (χ4v) is 1.92. The largest absolute Gasteiger partial charge is 0.480 e. The number of carboxylic acids is 1. The zero-order chi connectivity index (χ0) is 13.8. The SMILES string of the molecule is COC(=O)N[C@@H](Cc1c[nH]c2ccccc12)C(=O)O. The molecule has 0 saturated heterocycles. The molecule has 1 heterocycles. The van der Waals surface area contributed by atoms with E-state index in [1.54, 1.807) is 6.20 Å². The summed E-state index contributed by atoms with van der Waals surface area (Å²) in [4.78, 5) is 25.3. The molecule has 0 aliphatic carbocycles. The quantitative estimate of drug-likeness (QED) is 0.779. The highest BCUT2D eigenvalue weighted by atomic mass is 16.5. The number of para-hydroxylation sites is 1. The lowest BCUT2D eigenvalue weighted by Gasteiger charge is -2.12. The second-order valence-electron chi connectivity index (χ2n) is 4.09. The van der Waals surface area contributed by atoms with Gasteiger partial charge in [0.15, 0.2) is 0 Å². The van der Waals surface area contributed by atoms with Crippen molar-refractivity contribution in [2.24, 2.45) is 0 Å². The van der Waals surface area contributed by atoms with E-state index in [1.807, 2.05) is 24.3 Å². The van der Waals surface area contributed by atoms with Crippen molar-refractivity contribution in [3.05, 3.63) is 36.0 Å². The summed E-state index contributed by atoms with van der Waals surface area (Å²) in [6.07, 6.45) is 1.18. The molecule has 0 aliphatic heterocycles. The molecule has 3 N–H and O–H groups in total. The Morgan fingerprint density at radius 1 is 1.42 bits per heavy atom. The minimum absolute atomic E-state index is 0.189. The normalized spacial score (nSPS) is 12.1. The van der Waals surface area contributed by atoms with Crippen molar-refractivity contribution in [2.45, 2.75) is 12.5 Å². The van der Waals surface area contributed by atoms with Gasteiger partial charge in [0.25, 0.3) is 0 Å². The number of carboxylic acid groups (broad SMARTS) is 1. The van der Waals surface area contributed by atoms with E-state index in [9.17, 15) is 9.59 Å². The fraction of sp³-hybridized carbons (Fsp3) is 0.231. The van der Waals surface area contributed by atoms with Gasteiger partial charge in [-0.25, -0.2) is 9.59 Å². The lowest BCUT2D eigenvalue weighted by Crippen LogP contribution is -2.42. The van der Waals surface area contributed by atoms with Crippen LogP contribution in [0, 0.1) is 0 Å². The number of alkyl carbamates (subject to hydrolysis) is 1. The van der Waals surface area contributed by atoms with Gasteiger partial charge in [0.05, 0.1) is 7.11 Å². The molecule has 0 unspecified atom stereocenters. The smallest absolute Gasteiger partial charge is 0.407 e. The van der Waals surface area contributed by atoms with Gasteiger partial charge in [-0.2, -0.15) is 0 Å². The molecule has 6 heteroatoms. The number of hydrogen-bond acceptors (Lipinski definition) is 3. The predicted octanol–water partition coefficient (Wildman–Crippen LogP) is 1.52. The number of methoxy groups -OCH3 is 1. The molecule has 2 aromatic rings. The summed E-state index contributed by atoms with van der Waals surface area (Å²) in [5.41, 5.74) is 1.76. The molecule has 19 heavy (non-hydrogen) atoms. The maximum atomic E-state index is 11.1. The van der Waals surface area contributed by atoms with Crippen LogP contribution in [0.25, 0.3) is 10.9 Å². The highest BCUT2D eigenvalue weighted by molar-refractivity contribution is 5.85. The topological polar surface area (TPSA) is 91.4 Å². The molecule has 1 atom stereocenters. The van der Waals surface area contributed by atoms with Gasteiger partial charge in [0.1, 0.15) is 6.04 Å². The van der Waals surface area contributed by atoms with Crippen molar-refractivity contribution >= 4 is 23.0 Å². The standard InChI is InChI=1S/C13H14N2O4/c1-19-13(18)15-11(12(16)17)6-8-7-14-10-5-3-2-4-9(8)10/h2-5,7,11,14H,6H2,1H3,(H,15,18)(H,16,17)/t11-/m0/s1. The number of fused-ring (bicyclic) bond motifs is 1. The fourth-order valence-electron chi connectivity index (χ4n) is 1.92. The van der Waals surface area contributed by atoms with Crippen LogP contribution in [0.1, 0.15) is 5.56 Å². The van der Waals surface area contributed by atoms with Crippen molar-refractivity contribution in [3.8, 4) is 0 Å². The summed E-state index contributed by atoms with van der Waals surface area (Å²) < 4.78 is 4.42. The van der Waals surface area contributed by atoms with E-state index in [1.165, 1.54) is 7.11 Å². The number of benzene rings is 1. The number of amides is 1. The molecular formula is C13H14N2O4. The summed E-state index contributed by atoms with van der Waals surface area (Å²) in [7, 11) is 1.19. The average Bonchev–Trinajstić information content (AvgIpc) is 2.81. The summed E-state index contributed by atoms with van der Waals surface area (Å²) in [6.45, 7) is 0. The predicted molar refractivity (Wildman–Crippen MR) is 69.0 cm³/mol. The summed E-state index contributed by atoms with van der Waals surface area (Å²) in [5.74, 6) is -1.10. The first-order chi connectivity index (χ1) is 9.11. The molecule has 0 saturated carbocycles. The third-order valence-corrected chi connectivity index (χ3v) is 2.87. The van der Waals surface area contributed by atoms with Crippen molar-refractivity contribution in [2.75, 3.05) is 7.11 Å². The molecule has 1 aromatic carbocycles. The Kier molecular flexibility index (Phi) is 3.70. The first kappa shape index (κ1) is 12.9. The number of aliphatic carboxylic acids is 1. The van der Waals surface area contributed by atoms with Crippen LogP contribution in [0.2, 0.25) is 0 Å². The molecular weight excluding hydrogens is 248 g/mol. The van der Waals surface area contributed by atoms with Gasteiger partial charge in [-0.05, 0) is 11.6 Å². The van der Waals surface area contributed by atoms with Crippen molar-refractivity contribution < 1.29 is 19.4 Å². The second kappa shape index (κ2) is 5.43. The minimum atomic E-state index is -1.10. The van der Waals surface area contributed by atoms with E-state index < -0.39 is 18.1 Å². The molecule has 1 aromatic heterocycles. The van der Waals surface area contributed by atoms with E-state index in [2.05, 4.69) is 15.0 Å². The van der Waals surface area contributed by atoms with Crippen LogP contribution >= 0.6 is 0 Å². The van der Waals surface area contributed by atoms with Crippen LogP contribution in [0.5, 0.6) is 0 Å². The number of aromatic amines is 1. The molecule has 0 radical (unpaired) electrons. The maximum absolute atomic E-state index is 11.1. The van der Waals surface area contributed by atoms with E-state index in [0.717, 1.165) is 16.5 Å². The molecule has 0 aliphatic rings. The highest BCUT2D eigenvalue weighted by Gasteiger charge is 2.21. The first-order valence-corrected chi connectivity index (χ1v) is 5.74. The summed E-state index contributed by atoms with van der Waals surface area (Å²) >= 11 is 0. The maximum Gasteiger partial charge on any atom is 0.407 e. The molecule has 6 nitrogen and oxygen atoms in total. The van der Waals surface area contributed by atoms with Crippen LogP contribution in [0.4, 0.5) is 4.79 Å². The van der Waals surface area contributed by atoms with Crippen LogP contribution < -0.4 is 5.32 Å². The van der Waals surface area contributed by atoms with E-state index in [4.69, 9.17) is 5.11 Å². The third-order valence-electron chi connectivity index (χ3n) is 2.87. The molecule has 0 spiro atoms. The Morgan fingerprint density at radius 2 is 2.16 bits per heavy atom. The lowest BCUT2D eigenvalue weighted by atomic mass is 10.1. The third kappa shape index (κ3) is 2.85. The monoisotopic (exact) mass is 262 g/mol. The summed E-state index contributed by atoms with van der Waals surface area (Å²) in [5, 5.41) is 12.3. The Balaban J connectivity index is 2.21. The Bertz CT molecular complexity index is 605. The minimum Gasteiger partial charge on any atom is -0.480 e. The Morgan fingerprint density at radius 3 is 2.84 bits per heavy atom. The van der Waals surface area contributed by atoms with Crippen molar-refractivity contribution in [1.82, 2.24) is 10.3 Å². The second-order valence-corrected chi connectivity index (χ2v) is 4.09. The number of carbonyl (C=O) groups is 2. The zero-order valence-corrected chi connectivity index (χ0v) is 10.3. The van der Waals surface area contributed by atoms with Gasteiger partial charge in [-0.1, -0.05) is 18.2 Å². The van der Waals surface area contributed by atoms with Gasteiger partial charge in [0.2, 0.25) is 0 Å². The Hall–Kier alpha value is -2.50. The lowest BCUT2D eigenvalue weighted by molar-refractivity contribution is -0.139. The molecule has 1 amide bonds. The van der Waals surface area contributed by atoms with Gasteiger partial charge in [0, 0.05) is 23.5 Å². The van der Waals surface area contributed by atoms with E-state index in [-0.39, 0.29) is 6.42 Å². The van der Waals surface area contributed by atoms with Crippen molar-refractivity contribution in [3.63, 3.8) is 0 Å². The summed E-state index contributed by atoms with van der Waals surface area (Å²) in [6, 6.07) is 6.56.